The standard InChI is InChI=1S/C35H40.C23H28.2C13H16.C12H18.3H2/c1-19-18-32(25(7)21(3)20(19)2)14-15-33-28(10)30(12)35(31(13)29(33)11)17-16-34-26(8)23(5)22(4)24(6)27(34)9;1-13-12-22(19(7)15(3)14(13)2)10-11-23-20(8)17(5)16(4)18(6)21(23)9;1-7-13-11(5)9(3)8(2)10(4)12(13)6;1-6-7-13-8-9(2)10(3)11(4)12(13)5;1-7-8(2)10(4)12(6)11(5)9(7)3;;;/h18H,1-13H3;12H,1-9H3;1H,2-6H3;8H,1-5H3;1-6H3;3*1H. The van der Waals surface area contributed by atoms with Crippen molar-refractivity contribution in [2.75, 3.05) is 0 Å². The van der Waals surface area contributed by atoms with E-state index in [-0.39, 0.29) is 4.28 Å². The Labute approximate surface area is 592 Å². The predicted octanol–water partition coefficient (Wildman–Crippen LogP) is 25.1. The monoisotopic (exact) mass is 1280 g/mol. The predicted molar refractivity (Wildman–Crippen MR) is 432 cm³/mol. The number of hydrogen-bond acceptors (Lipinski definition) is 0. The smallest absolute Gasteiger partial charge is 0.0313 e. The van der Waals surface area contributed by atoms with Crippen LogP contribution in [-0.2, 0) is 0 Å². The molecule has 0 heteroatoms. The molecule has 0 spiro atoms. The Hall–Kier alpha value is -8.44. The van der Waals surface area contributed by atoms with E-state index in [1.54, 1.807) is 0 Å². The van der Waals surface area contributed by atoms with Gasteiger partial charge in [-0.2, -0.15) is 0 Å². The largest absolute Gasteiger partial charge is 0.115 e. The number of rotatable bonds is 0. The normalized spacial score (nSPS) is 10.3. The van der Waals surface area contributed by atoms with Gasteiger partial charge in [-0.05, 0) is 487 Å². The highest BCUT2D eigenvalue weighted by molar-refractivity contribution is 5.66. The van der Waals surface area contributed by atoms with Crippen LogP contribution in [0.1, 0.15) is 262 Å². The molecule has 8 aromatic carbocycles. The van der Waals surface area contributed by atoms with E-state index in [4.69, 9.17) is 6.42 Å². The van der Waals surface area contributed by atoms with Crippen LogP contribution in [0.3, 0.4) is 0 Å². The summed E-state index contributed by atoms with van der Waals surface area (Å²) in [6, 6.07) is 6.63. The summed E-state index contributed by atoms with van der Waals surface area (Å²) in [6.07, 6.45) is 5.49. The Kier molecular flexibility index (Phi) is 27.5. The maximum absolute atomic E-state index is 5.49. The van der Waals surface area contributed by atoms with Crippen molar-refractivity contribution in [3.63, 3.8) is 0 Å². The van der Waals surface area contributed by atoms with E-state index in [2.05, 4.69) is 328 Å². The molecule has 0 nitrogen and oxygen atoms in total. The Bertz CT molecular complexity index is 4550. The molecular weight excluding hydrogens is 1150 g/mol. The second kappa shape index (κ2) is 33.0. The highest BCUT2D eigenvalue weighted by atomic mass is 14.2. The lowest BCUT2D eigenvalue weighted by atomic mass is 9.87. The molecule has 0 unspecified atom stereocenters. The van der Waals surface area contributed by atoms with Crippen molar-refractivity contribution >= 4 is 0 Å². The van der Waals surface area contributed by atoms with E-state index in [0.29, 0.717) is 0 Å². The van der Waals surface area contributed by atoms with Gasteiger partial charge < -0.3 is 0 Å². The van der Waals surface area contributed by atoms with Crippen molar-refractivity contribution in [1.29, 1.82) is 0 Å². The number of terminal acetylenes is 1. The van der Waals surface area contributed by atoms with E-state index in [1.807, 2.05) is 6.92 Å². The highest BCUT2D eigenvalue weighted by Gasteiger charge is 2.17. The molecule has 0 aromatic heterocycles. The van der Waals surface area contributed by atoms with E-state index < -0.39 is 0 Å². The average molecular weight is 1280 g/mol. The zero-order valence-corrected chi connectivity index (χ0v) is 67.3. The van der Waals surface area contributed by atoms with E-state index >= 15 is 0 Å². The fourth-order valence-corrected chi connectivity index (χ4v) is 13.0. The minimum Gasteiger partial charge on any atom is -0.115 e. The number of hydrogen-bond donors (Lipinski definition) is 0. The molecular formula is C96H124. The van der Waals surface area contributed by atoms with Crippen LogP contribution in [0, 0.1) is 316 Å². The van der Waals surface area contributed by atoms with Gasteiger partial charge in [0.2, 0.25) is 0 Å². The van der Waals surface area contributed by atoms with E-state index in [9.17, 15) is 0 Å². The first-order valence-corrected chi connectivity index (χ1v) is 34.5. The van der Waals surface area contributed by atoms with Gasteiger partial charge in [-0.15, -0.1) is 12.3 Å². The lowest BCUT2D eigenvalue weighted by Gasteiger charge is -2.16. The molecule has 96 heavy (non-hydrogen) atoms. The van der Waals surface area contributed by atoms with Gasteiger partial charge in [0, 0.05) is 48.8 Å². The summed E-state index contributed by atoms with van der Waals surface area (Å²) in [6.45, 7) is 82.6. The molecule has 0 N–H and O–H groups in total. The average Bonchev–Trinajstić information content (AvgIpc) is 0.687. The maximum atomic E-state index is 5.49. The van der Waals surface area contributed by atoms with Gasteiger partial charge in [0.1, 0.15) is 0 Å². The van der Waals surface area contributed by atoms with Gasteiger partial charge >= 0.3 is 0 Å². The fraction of sp³-hybridized carbons (Fsp3) is 0.396. The molecule has 0 saturated heterocycles. The summed E-state index contributed by atoms with van der Waals surface area (Å²) in [4.78, 5) is 0. The van der Waals surface area contributed by atoms with Crippen LogP contribution in [0.5, 0.6) is 0 Å². The van der Waals surface area contributed by atoms with Crippen molar-refractivity contribution in [2.24, 2.45) is 0 Å². The Morgan fingerprint density at radius 2 is 0.323 bits per heavy atom. The molecule has 0 fully saturated rings. The molecule has 8 rings (SSSR count). The van der Waals surface area contributed by atoms with Crippen molar-refractivity contribution in [3.8, 4) is 59.7 Å². The third-order valence-electron chi connectivity index (χ3n) is 23.8. The molecule has 0 aliphatic carbocycles. The van der Waals surface area contributed by atoms with Gasteiger partial charge in [-0.3, -0.25) is 0 Å². The Balaban J connectivity index is 0.000000660. The minimum absolute atomic E-state index is 0. The van der Waals surface area contributed by atoms with Crippen LogP contribution in [0.15, 0.2) is 18.2 Å². The summed E-state index contributed by atoms with van der Waals surface area (Å²) in [5, 5.41) is 0. The van der Waals surface area contributed by atoms with Crippen LogP contribution in [0.2, 0.25) is 0 Å². The SMILES string of the molecule is C#Cc1c(C)c(C)c(C)c(C)c1C.CC#Cc1cc(C)c(C)c(C)c1C.Cc1c(C)c(C)c(C)c(C)c1C.Cc1cc(C#Cc2c(C)c(C)c(C#Cc3c(C)c(C)c(C)c(C)c3C)c(C)c2C)c(C)c(C)c1C.Cc1cc(C#Cc2c(C)c(C)c(C)c(C)c2C)c(C)c(C)c1C.[HH].[HH].[HH]. The lowest BCUT2D eigenvalue weighted by molar-refractivity contribution is 1.13. The van der Waals surface area contributed by atoms with Gasteiger partial charge in [0.15, 0.2) is 0 Å². The third kappa shape index (κ3) is 16.7. The highest BCUT2D eigenvalue weighted by Crippen LogP contribution is 2.32. The second-order valence-electron chi connectivity index (χ2n) is 28.1. The molecule has 0 saturated carbocycles. The second-order valence-corrected chi connectivity index (χ2v) is 28.1. The zero-order valence-electron chi connectivity index (χ0n) is 67.3. The molecule has 0 radical (unpaired) electrons. The van der Waals surface area contributed by atoms with Crippen molar-refractivity contribution in [2.45, 2.75) is 263 Å². The molecule has 0 amide bonds. The number of benzene rings is 8. The molecule has 0 bridgehead atoms. The van der Waals surface area contributed by atoms with Crippen LogP contribution in [0.25, 0.3) is 0 Å². The van der Waals surface area contributed by atoms with Crippen molar-refractivity contribution in [3.05, 3.63) is 269 Å². The molecule has 0 aliphatic heterocycles. The number of aryl methyl sites for hydroxylation is 3. The quantitative estimate of drug-likeness (QED) is 0.133. The third-order valence-corrected chi connectivity index (χ3v) is 23.8. The zero-order chi connectivity index (χ0) is 73.5. The van der Waals surface area contributed by atoms with Crippen molar-refractivity contribution < 1.29 is 4.28 Å². The van der Waals surface area contributed by atoms with Gasteiger partial charge in [0.25, 0.3) is 0 Å². The van der Waals surface area contributed by atoms with E-state index in [0.717, 1.165) is 27.8 Å². The molecule has 8 aromatic rings. The van der Waals surface area contributed by atoms with Gasteiger partial charge in [0.05, 0.1) is 0 Å². The molecule has 0 heterocycles. The molecule has 508 valence electrons. The molecule has 0 aliphatic rings. The van der Waals surface area contributed by atoms with E-state index in [1.165, 1.54) is 223 Å². The lowest BCUT2D eigenvalue weighted by Crippen LogP contribution is -2.02. The molecule has 0 atom stereocenters. The summed E-state index contributed by atoms with van der Waals surface area (Å²) in [5.74, 6) is 29.9. The van der Waals surface area contributed by atoms with Crippen LogP contribution in [-0.4, -0.2) is 0 Å². The van der Waals surface area contributed by atoms with Gasteiger partial charge in [-0.1, -0.05) is 47.4 Å². The first-order valence-electron chi connectivity index (χ1n) is 34.5. The first-order chi connectivity index (χ1) is 44.5. The summed E-state index contributed by atoms with van der Waals surface area (Å²) in [7, 11) is 0. The maximum Gasteiger partial charge on any atom is 0.0313 e. The van der Waals surface area contributed by atoms with Crippen LogP contribution < -0.4 is 0 Å². The Morgan fingerprint density at radius 1 is 0.177 bits per heavy atom. The topological polar surface area (TPSA) is 0 Å². The van der Waals surface area contributed by atoms with Crippen LogP contribution in [0.4, 0.5) is 0 Å². The summed E-state index contributed by atoms with van der Waals surface area (Å²) < 4.78 is 0. The summed E-state index contributed by atoms with van der Waals surface area (Å²) in [5.41, 5.74) is 58.8. The van der Waals surface area contributed by atoms with Crippen molar-refractivity contribution in [1.82, 2.24) is 0 Å². The minimum atomic E-state index is 0. The first kappa shape index (κ1) is 80.0. The van der Waals surface area contributed by atoms with Gasteiger partial charge in [-0.25, -0.2) is 0 Å². The Morgan fingerprint density at radius 3 is 0.510 bits per heavy atom. The fourth-order valence-electron chi connectivity index (χ4n) is 13.0. The van der Waals surface area contributed by atoms with Crippen LogP contribution >= 0.6 is 0 Å². The summed E-state index contributed by atoms with van der Waals surface area (Å²) >= 11 is 0.